The molecule has 1 aromatic rings. The van der Waals surface area contributed by atoms with E-state index in [9.17, 15) is 0 Å². The van der Waals surface area contributed by atoms with Gasteiger partial charge in [-0.1, -0.05) is 25.1 Å². The topological polar surface area (TPSA) is 50.4 Å². The molecule has 1 aromatic carbocycles. The lowest BCUT2D eigenvalue weighted by Gasteiger charge is -2.05. The van der Waals surface area contributed by atoms with Gasteiger partial charge >= 0.3 is 0 Å². The van der Waals surface area contributed by atoms with E-state index in [4.69, 9.17) is 5.73 Å². The molecule has 0 aromatic heterocycles. The van der Waals surface area contributed by atoms with Crippen LogP contribution < -0.4 is 11.1 Å². The van der Waals surface area contributed by atoms with Gasteiger partial charge in [-0.3, -0.25) is 0 Å². The van der Waals surface area contributed by atoms with E-state index in [1.165, 1.54) is 36.0 Å². The van der Waals surface area contributed by atoms with Gasteiger partial charge in [-0.05, 0) is 42.4 Å². The minimum absolute atomic E-state index is 0. The first-order chi connectivity index (χ1) is 8.29. The standard InChI is InChI=1S/C14H21N3.HI/c1-2-8-16-14(15)17-10-11-6-7-12-4-3-5-13(12)9-11;/h6-7,9H,2-5,8,10H2,1H3,(H3,15,16,17);1H. The Morgan fingerprint density at radius 1 is 1.33 bits per heavy atom. The Balaban J connectivity index is 0.00000162. The number of nitrogens with one attached hydrogen (secondary N) is 1. The number of aliphatic imine (C=N–C) groups is 1. The van der Waals surface area contributed by atoms with Crippen LogP contribution >= 0.6 is 24.0 Å². The predicted octanol–water partition coefficient (Wildman–Crippen LogP) is 2.61. The van der Waals surface area contributed by atoms with Gasteiger partial charge in [0.25, 0.3) is 0 Å². The summed E-state index contributed by atoms with van der Waals surface area (Å²) in [4.78, 5) is 4.34. The average Bonchev–Trinajstić information content (AvgIpc) is 2.81. The molecule has 1 aliphatic rings. The highest BCUT2D eigenvalue weighted by Crippen LogP contribution is 2.22. The number of nitrogens with two attached hydrogens (primary N) is 1. The maximum atomic E-state index is 5.76. The first-order valence-corrected chi connectivity index (χ1v) is 6.44. The molecular formula is C14H22IN3. The third-order valence-electron chi connectivity index (χ3n) is 3.15. The van der Waals surface area contributed by atoms with Crippen molar-refractivity contribution >= 4 is 29.9 Å². The number of benzene rings is 1. The van der Waals surface area contributed by atoms with Gasteiger partial charge in [-0.2, -0.15) is 0 Å². The zero-order chi connectivity index (χ0) is 12.1. The van der Waals surface area contributed by atoms with Crippen LogP contribution in [-0.2, 0) is 19.4 Å². The minimum Gasteiger partial charge on any atom is -0.370 e. The summed E-state index contributed by atoms with van der Waals surface area (Å²) in [7, 11) is 0. The van der Waals surface area contributed by atoms with Gasteiger partial charge in [-0.15, -0.1) is 24.0 Å². The fourth-order valence-corrected chi connectivity index (χ4v) is 2.21. The summed E-state index contributed by atoms with van der Waals surface area (Å²) in [5, 5.41) is 3.08. The normalized spacial score (nSPS) is 13.9. The number of nitrogens with zero attached hydrogens (tertiary/aromatic N) is 1. The molecule has 2 rings (SSSR count). The van der Waals surface area contributed by atoms with Gasteiger partial charge < -0.3 is 11.1 Å². The van der Waals surface area contributed by atoms with Gasteiger partial charge in [-0.25, -0.2) is 4.99 Å². The van der Waals surface area contributed by atoms with Crippen molar-refractivity contribution in [1.82, 2.24) is 5.32 Å². The third kappa shape index (κ3) is 4.15. The second-order valence-electron chi connectivity index (χ2n) is 4.58. The lowest BCUT2D eigenvalue weighted by atomic mass is 10.1. The molecule has 0 heterocycles. The second kappa shape index (κ2) is 7.61. The van der Waals surface area contributed by atoms with Crippen molar-refractivity contribution in [2.45, 2.75) is 39.2 Å². The van der Waals surface area contributed by atoms with Crippen LogP contribution in [0.1, 0.15) is 36.5 Å². The number of halogens is 1. The highest BCUT2D eigenvalue weighted by atomic mass is 127. The molecule has 4 heteroatoms. The van der Waals surface area contributed by atoms with E-state index in [1.54, 1.807) is 0 Å². The van der Waals surface area contributed by atoms with Crippen molar-refractivity contribution in [2.75, 3.05) is 6.54 Å². The SMILES string of the molecule is CCCNC(N)=NCc1ccc2c(c1)CCC2.I. The first kappa shape index (κ1) is 15.3. The Bertz CT molecular complexity index is 416. The molecule has 0 radical (unpaired) electrons. The van der Waals surface area contributed by atoms with Crippen LogP contribution in [-0.4, -0.2) is 12.5 Å². The minimum atomic E-state index is 0. The molecular weight excluding hydrogens is 337 g/mol. The van der Waals surface area contributed by atoms with Crippen LogP contribution in [0, 0.1) is 0 Å². The largest absolute Gasteiger partial charge is 0.370 e. The Hall–Kier alpha value is -0.780. The van der Waals surface area contributed by atoms with E-state index in [0.29, 0.717) is 12.5 Å². The number of aryl methyl sites for hydroxylation is 2. The molecule has 0 amide bonds. The zero-order valence-electron chi connectivity index (χ0n) is 10.9. The number of hydrogen-bond acceptors (Lipinski definition) is 1. The molecule has 0 bridgehead atoms. The van der Waals surface area contributed by atoms with Gasteiger partial charge in [0, 0.05) is 6.54 Å². The fraction of sp³-hybridized carbons (Fsp3) is 0.500. The molecule has 3 N–H and O–H groups in total. The van der Waals surface area contributed by atoms with E-state index < -0.39 is 0 Å². The van der Waals surface area contributed by atoms with Crippen LogP contribution in [0.4, 0.5) is 0 Å². The van der Waals surface area contributed by atoms with Crippen LogP contribution in [0.5, 0.6) is 0 Å². The highest BCUT2D eigenvalue weighted by Gasteiger charge is 2.10. The lowest BCUT2D eigenvalue weighted by molar-refractivity contribution is 0.825. The summed E-state index contributed by atoms with van der Waals surface area (Å²) >= 11 is 0. The summed E-state index contributed by atoms with van der Waals surface area (Å²) < 4.78 is 0. The van der Waals surface area contributed by atoms with E-state index in [2.05, 4.69) is 35.4 Å². The first-order valence-electron chi connectivity index (χ1n) is 6.44. The van der Waals surface area contributed by atoms with Gasteiger partial charge in [0.15, 0.2) is 5.96 Å². The molecule has 3 nitrogen and oxygen atoms in total. The quantitative estimate of drug-likeness (QED) is 0.493. The predicted molar refractivity (Wildman–Crippen MR) is 87.5 cm³/mol. The smallest absolute Gasteiger partial charge is 0.188 e. The maximum Gasteiger partial charge on any atom is 0.188 e. The second-order valence-corrected chi connectivity index (χ2v) is 4.58. The van der Waals surface area contributed by atoms with Crippen molar-refractivity contribution in [3.05, 3.63) is 34.9 Å². The number of rotatable bonds is 4. The molecule has 0 aliphatic heterocycles. The van der Waals surface area contributed by atoms with Crippen LogP contribution in [0.2, 0.25) is 0 Å². The van der Waals surface area contributed by atoms with Gasteiger partial charge in [0.05, 0.1) is 6.54 Å². The molecule has 0 atom stereocenters. The van der Waals surface area contributed by atoms with Crippen LogP contribution in [0.3, 0.4) is 0 Å². The summed E-state index contributed by atoms with van der Waals surface area (Å²) in [5.41, 5.74) is 10.0. The summed E-state index contributed by atoms with van der Waals surface area (Å²) in [6.45, 7) is 3.68. The van der Waals surface area contributed by atoms with Crippen LogP contribution in [0.15, 0.2) is 23.2 Å². The lowest BCUT2D eigenvalue weighted by Crippen LogP contribution is -2.32. The monoisotopic (exact) mass is 359 g/mol. The number of fused-ring (bicyclic) bond motifs is 1. The third-order valence-corrected chi connectivity index (χ3v) is 3.15. The van der Waals surface area contributed by atoms with E-state index in [-0.39, 0.29) is 24.0 Å². The zero-order valence-corrected chi connectivity index (χ0v) is 13.2. The van der Waals surface area contributed by atoms with E-state index >= 15 is 0 Å². The van der Waals surface area contributed by atoms with Gasteiger partial charge in [0.2, 0.25) is 0 Å². The highest BCUT2D eigenvalue weighted by molar-refractivity contribution is 14.0. The molecule has 100 valence electrons. The molecule has 18 heavy (non-hydrogen) atoms. The summed E-state index contributed by atoms with van der Waals surface area (Å²) in [5.74, 6) is 0.548. The molecule has 0 unspecified atom stereocenters. The molecule has 1 aliphatic carbocycles. The van der Waals surface area contributed by atoms with Crippen molar-refractivity contribution in [1.29, 1.82) is 0 Å². The molecule has 0 fully saturated rings. The number of hydrogen-bond donors (Lipinski definition) is 2. The Morgan fingerprint density at radius 3 is 2.89 bits per heavy atom. The molecule has 0 saturated heterocycles. The molecule has 0 spiro atoms. The number of guanidine groups is 1. The summed E-state index contributed by atoms with van der Waals surface area (Å²) in [6.07, 6.45) is 4.81. The Morgan fingerprint density at radius 2 is 2.11 bits per heavy atom. The fourth-order valence-electron chi connectivity index (χ4n) is 2.21. The Labute approximate surface area is 126 Å². The average molecular weight is 359 g/mol. The van der Waals surface area contributed by atoms with E-state index in [1.807, 2.05) is 0 Å². The van der Waals surface area contributed by atoms with Crippen molar-refractivity contribution in [2.24, 2.45) is 10.7 Å². The van der Waals surface area contributed by atoms with Crippen molar-refractivity contribution in [3.8, 4) is 0 Å². The summed E-state index contributed by atoms with van der Waals surface area (Å²) in [6, 6.07) is 6.68. The molecule has 0 saturated carbocycles. The van der Waals surface area contributed by atoms with Gasteiger partial charge in [0.1, 0.15) is 0 Å². The van der Waals surface area contributed by atoms with Crippen molar-refractivity contribution in [3.63, 3.8) is 0 Å². The van der Waals surface area contributed by atoms with Crippen LogP contribution in [0.25, 0.3) is 0 Å². The van der Waals surface area contributed by atoms with Crippen molar-refractivity contribution < 1.29 is 0 Å². The maximum absolute atomic E-state index is 5.76. The van der Waals surface area contributed by atoms with E-state index in [0.717, 1.165) is 13.0 Å². The Kier molecular flexibility index (Phi) is 6.46.